The molecule has 4 nitrogen and oxygen atoms in total. The highest BCUT2D eigenvalue weighted by Gasteiger charge is 2.61. The second kappa shape index (κ2) is 2.04. The maximum Gasteiger partial charge on any atom is 0.207 e. The minimum absolute atomic E-state index is 0.695. The third-order valence-corrected chi connectivity index (χ3v) is 2.77. The van der Waals surface area contributed by atoms with Gasteiger partial charge in [-0.25, -0.2) is 0 Å². The van der Waals surface area contributed by atoms with Gasteiger partial charge in [0, 0.05) is 0 Å². The summed E-state index contributed by atoms with van der Waals surface area (Å²) in [4.78, 5) is 0. The van der Waals surface area contributed by atoms with Crippen LogP contribution < -0.4 is 0 Å². The zero-order valence-corrected chi connectivity index (χ0v) is 6.62. The van der Waals surface area contributed by atoms with Crippen LogP contribution in [0, 0.1) is 22.7 Å². The maximum absolute atomic E-state index is 8.91. The minimum Gasteiger partial charge on any atom is -0.195 e. The predicted molar refractivity (Wildman–Crippen MR) is 40.0 cm³/mol. The first-order chi connectivity index (χ1) is 5.79. The van der Waals surface area contributed by atoms with Crippen LogP contribution >= 0.6 is 0 Å². The fourth-order valence-corrected chi connectivity index (χ4v) is 1.91. The molecule has 0 bridgehead atoms. The predicted octanol–water partition coefficient (Wildman–Crippen LogP) is 1.55. The molecule has 0 aromatic carbocycles. The number of fused-ring (bicyclic) bond motifs is 1. The Labute approximate surface area is 70.5 Å². The topological polar surface area (TPSA) is 72.3 Å². The molecule has 0 aromatic rings. The molecule has 0 radical (unpaired) electrons. The lowest BCUT2D eigenvalue weighted by Crippen LogP contribution is -2.57. The number of hydrogen-bond donors (Lipinski definition) is 0. The van der Waals surface area contributed by atoms with Gasteiger partial charge in [0.05, 0.1) is 12.1 Å². The Hall–Kier alpha value is -1.42. The molecule has 1 heterocycles. The first-order valence-corrected chi connectivity index (χ1v) is 4.05. The quantitative estimate of drug-likeness (QED) is 0.539. The Morgan fingerprint density at radius 1 is 0.917 bits per heavy atom. The molecule has 12 heavy (non-hydrogen) atoms. The van der Waals surface area contributed by atoms with Gasteiger partial charge in [-0.1, -0.05) is 0 Å². The summed E-state index contributed by atoms with van der Waals surface area (Å²) in [5.74, 6) is 0. The van der Waals surface area contributed by atoms with E-state index in [0.717, 1.165) is 12.8 Å². The van der Waals surface area contributed by atoms with Gasteiger partial charge in [0.2, 0.25) is 11.1 Å². The average molecular weight is 160 g/mol. The molecule has 4 heteroatoms. The van der Waals surface area contributed by atoms with E-state index < -0.39 is 11.1 Å². The SMILES string of the molecule is N#CC12CCCCC1(C#N)N=N2. The van der Waals surface area contributed by atoms with Gasteiger partial charge in [-0.05, 0) is 25.7 Å². The summed E-state index contributed by atoms with van der Waals surface area (Å²) < 4.78 is 0. The minimum atomic E-state index is -0.792. The number of azo groups is 1. The van der Waals surface area contributed by atoms with E-state index in [9.17, 15) is 0 Å². The molecule has 0 amide bonds. The van der Waals surface area contributed by atoms with E-state index in [1.54, 1.807) is 0 Å². The lowest BCUT2D eigenvalue weighted by atomic mass is 9.67. The molecule has 1 aliphatic heterocycles. The highest BCUT2D eigenvalue weighted by molar-refractivity contribution is 5.35. The van der Waals surface area contributed by atoms with Gasteiger partial charge < -0.3 is 0 Å². The van der Waals surface area contributed by atoms with Crippen molar-refractivity contribution in [3.8, 4) is 12.1 Å². The molecule has 0 spiro atoms. The van der Waals surface area contributed by atoms with Crippen LogP contribution in [0.1, 0.15) is 25.7 Å². The molecule has 0 N–H and O–H groups in total. The molecule has 1 saturated carbocycles. The van der Waals surface area contributed by atoms with Crippen molar-refractivity contribution in [2.24, 2.45) is 10.2 Å². The van der Waals surface area contributed by atoms with Gasteiger partial charge >= 0.3 is 0 Å². The fourth-order valence-electron chi connectivity index (χ4n) is 1.91. The molecular formula is C8H8N4. The zero-order chi connectivity index (χ0) is 8.66. The van der Waals surface area contributed by atoms with Crippen LogP contribution in [0.15, 0.2) is 10.2 Å². The van der Waals surface area contributed by atoms with Crippen LogP contribution in [-0.4, -0.2) is 11.1 Å². The molecule has 0 aromatic heterocycles. The average Bonchev–Trinajstić information content (AvgIpc) is 2.09. The first kappa shape index (κ1) is 7.24. The number of nitriles is 2. The Bertz CT molecular complexity index is 289. The second-order valence-corrected chi connectivity index (χ2v) is 3.35. The van der Waals surface area contributed by atoms with Gasteiger partial charge in [-0.15, -0.1) is 0 Å². The zero-order valence-electron chi connectivity index (χ0n) is 6.62. The van der Waals surface area contributed by atoms with Crippen molar-refractivity contribution in [1.29, 1.82) is 10.5 Å². The van der Waals surface area contributed by atoms with Crippen LogP contribution in [0.4, 0.5) is 0 Å². The summed E-state index contributed by atoms with van der Waals surface area (Å²) in [5.41, 5.74) is -1.58. The normalized spacial score (nSPS) is 43.5. The van der Waals surface area contributed by atoms with Gasteiger partial charge in [-0.3, -0.25) is 0 Å². The lowest BCUT2D eigenvalue weighted by molar-refractivity contribution is 0.171. The molecule has 2 atom stereocenters. The van der Waals surface area contributed by atoms with Crippen molar-refractivity contribution < 1.29 is 0 Å². The number of rotatable bonds is 0. The van der Waals surface area contributed by atoms with Crippen molar-refractivity contribution in [2.75, 3.05) is 0 Å². The van der Waals surface area contributed by atoms with E-state index in [1.165, 1.54) is 0 Å². The lowest BCUT2D eigenvalue weighted by Gasteiger charge is -2.44. The molecular weight excluding hydrogens is 152 g/mol. The van der Waals surface area contributed by atoms with Crippen LogP contribution in [0.5, 0.6) is 0 Å². The van der Waals surface area contributed by atoms with E-state index in [4.69, 9.17) is 10.5 Å². The molecule has 2 unspecified atom stereocenters. The van der Waals surface area contributed by atoms with E-state index in [0.29, 0.717) is 12.8 Å². The Morgan fingerprint density at radius 3 is 1.58 bits per heavy atom. The first-order valence-electron chi connectivity index (χ1n) is 4.05. The highest BCUT2D eigenvalue weighted by atomic mass is 15.3. The Balaban J connectivity index is 2.43. The van der Waals surface area contributed by atoms with Gasteiger partial charge in [0.25, 0.3) is 0 Å². The van der Waals surface area contributed by atoms with Crippen molar-refractivity contribution >= 4 is 0 Å². The van der Waals surface area contributed by atoms with E-state index in [-0.39, 0.29) is 0 Å². The van der Waals surface area contributed by atoms with Crippen LogP contribution in [0.25, 0.3) is 0 Å². The smallest absolute Gasteiger partial charge is 0.195 e. The van der Waals surface area contributed by atoms with Crippen LogP contribution in [-0.2, 0) is 0 Å². The van der Waals surface area contributed by atoms with E-state index >= 15 is 0 Å². The van der Waals surface area contributed by atoms with Crippen molar-refractivity contribution in [1.82, 2.24) is 0 Å². The maximum atomic E-state index is 8.91. The fraction of sp³-hybridized carbons (Fsp3) is 0.750. The molecule has 1 aliphatic carbocycles. The van der Waals surface area contributed by atoms with Gasteiger partial charge in [0.15, 0.2) is 0 Å². The monoisotopic (exact) mass is 160 g/mol. The third kappa shape index (κ3) is 0.563. The molecule has 60 valence electrons. The molecule has 2 rings (SSSR count). The summed E-state index contributed by atoms with van der Waals surface area (Å²) in [6.07, 6.45) is 3.35. The Kier molecular flexibility index (Phi) is 1.23. The van der Waals surface area contributed by atoms with Crippen LogP contribution in [0.2, 0.25) is 0 Å². The number of hydrogen-bond acceptors (Lipinski definition) is 4. The summed E-state index contributed by atoms with van der Waals surface area (Å²) in [5, 5.41) is 25.5. The van der Waals surface area contributed by atoms with Crippen LogP contribution in [0.3, 0.4) is 0 Å². The van der Waals surface area contributed by atoms with E-state index in [2.05, 4.69) is 22.4 Å². The summed E-state index contributed by atoms with van der Waals surface area (Å²) in [6.45, 7) is 0. The summed E-state index contributed by atoms with van der Waals surface area (Å²) in [7, 11) is 0. The second-order valence-electron chi connectivity index (χ2n) is 3.35. The third-order valence-electron chi connectivity index (χ3n) is 2.77. The van der Waals surface area contributed by atoms with Crippen molar-refractivity contribution in [3.63, 3.8) is 0 Å². The summed E-state index contributed by atoms with van der Waals surface area (Å²) in [6, 6.07) is 4.25. The summed E-state index contributed by atoms with van der Waals surface area (Å²) >= 11 is 0. The largest absolute Gasteiger partial charge is 0.207 e. The highest BCUT2D eigenvalue weighted by Crippen LogP contribution is 2.49. The van der Waals surface area contributed by atoms with Gasteiger partial charge in [-0.2, -0.15) is 20.8 Å². The van der Waals surface area contributed by atoms with E-state index in [1.807, 2.05) is 0 Å². The van der Waals surface area contributed by atoms with Crippen molar-refractivity contribution in [2.45, 2.75) is 36.8 Å². The standard InChI is InChI=1S/C8H8N4/c9-5-7-3-1-2-4-8(7,6-10)12-11-7/h1-4H2. The van der Waals surface area contributed by atoms with Gasteiger partial charge in [0.1, 0.15) is 0 Å². The van der Waals surface area contributed by atoms with Crippen molar-refractivity contribution in [3.05, 3.63) is 0 Å². The molecule has 0 saturated heterocycles. The molecule has 2 aliphatic rings. The Morgan fingerprint density at radius 2 is 1.33 bits per heavy atom. The molecule has 1 fully saturated rings. The number of nitrogens with zero attached hydrogens (tertiary/aromatic N) is 4.